The van der Waals surface area contributed by atoms with Gasteiger partial charge in [-0.3, -0.25) is 9.78 Å². The number of aryl methyl sites for hydroxylation is 1. The predicted octanol–water partition coefficient (Wildman–Crippen LogP) is 2.72. The minimum atomic E-state index is -0.211. The summed E-state index contributed by atoms with van der Waals surface area (Å²) in [6, 6.07) is 9.15. The molecule has 0 aliphatic carbocycles. The molecule has 0 aliphatic heterocycles. The van der Waals surface area contributed by atoms with Crippen LogP contribution >= 0.6 is 0 Å². The van der Waals surface area contributed by atoms with Crippen molar-refractivity contribution in [1.29, 1.82) is 0 Å². The fourth-order valence-electron chi connectivity index (χ4n) is 1.75. The SMILES string of the molecule is Cc1cc(NC(=O)C(C)CN)ccc1Oc1cccnc1. The monoisotopic (exact) mass is 285 g/mol. The molecule has 0 radical (unpaired) electrons. The number of nitrogens with two attached hydrogens (primary N) is 1. The van der Waals surface area contributed by atoms with E-state index in [1.165, 1.54) is 0 Å². The number of rotatable bonds is 5. The lowest BCUT2D eigenvalue weighted by atomic mass is 10.1. The molecule has 1 heterocycles. The maximum absolute atomic E-state index is 11.8. The first-order valence-electron chi connectivity index (χ1n) is 6.79. The van der Waals surface area contributed by atoms with Gasteiger partial charge in [0.05, 0.1) is 6.20 Å². The van der Waals surface area contributed by atoms with Crippen LogP contribution < -0.4 is 15.8 Å². The molecule has 3 N–H and O–H groups in total. The second-order valence-electron chi connectivity index (χ2n) is 4.90. The summed E-state index contributed by atoms with van der Waals surface area (Å²) in [4.78, 5) is 15.8. The summed E-state index contributed by atoms with van der Waals surface area (Å²) in [7, 11) is 0. The number of ether oxygens (including phenoxy) is 1. The third kappa shape index (κ3) is 4.03. The van der Waals surface area contributed by atoms with E-state index < -0.39 is 0 Å². The Kier molecular flexibility index (Phi) is 4.90. The topological polar surface area (TPSA) is 77.2 Å². The second kappa shape index (κ2) is 6.85. The number of benzene rings is 1. The lowest BCUT2D eigenvalue weighted by Crippen LogP contribution is -2.26. The van der Waals surface area contributed by atoms with Crippen molar-refractivity contribution in [2.45, 2.75) is 13.8 Å². The van der Waals surface area contributed by atoms with Gasteiger partial charge in [-0.05, 0) is 42.8 Å². The molecule has 1 aromatic heterocycles. The molecule has 0 spiro atoms. The fraction of sp³-hybridized carbons (Fsp3) is 0.250. The van der Waals surface area contributed by atoms with Crippen LogP contribution in [0, 0.1) is 12.8 Å². The van der Waals surface area contributed by atoms with Crippen LogP contribution in [0.5, 0.6) is 11.5 Å². The smallest absolute Gasteiger partial charge is 0.228 e. The van der Waals surface area contributed by atoms with Crippen LogP contribution in [0.3, 0.4) is 0 Å². The van der Waals surface area contributed by atoms with Crippen molar-refractivity contribution in [2.75, 3.05) is 11.9 Å². The minimum Gasteiger partial charge on any atom is -0.455 e. The van der Waals surface area contributed by atoms with E-state index in [1.54, 1.807) is 25.4 Å². The molecule has 1 aromatic carbocycles. The van der Waals surface area contributed by atoms with Crippen molar-refractivity contribution in [2.24, 2.45) is 11.7 Å². The molecule has 110 valence electrons. The maximum Gasteiger partial charge on any atom is 0.228 e. The molecular formula is C16H19N3O2. The molecular weight excluding hydrogens is 266 g/mol. The molecule has 2 rings (SSSR count). The maximum atomic E-state index is 11.8. The number of nitrogens with one attached hydrogen (secondary N) is 1. The van der Waals surface area contributed by atoms with Gasteiger partial charge in [-0.2, -0.15) is 0 Å². The number of pyridine rings is 1. The number of carbonyl (C=O) groups excluding carboxylic acids is 1. The zero-order valence-electron chi connectivity index (χ0n) is 12.2. The molecule has 0 fully saturated rings. The van der Waals surface area contributed by atoms with E-state index in [-0.39, 0.29) is 11.8 Å². The largest absolute Gasteiger partial charge is 0.455 e. The van der Waals surface area contributed by atoms with E-state index in [0.717, 1.165) is 17.0 Å². The molecule has 0 saturated heterocycles. The summed E-state index contributed by atoms with van der Waals surface area (Å²) in [6.07, 6.45) is 3.34. The van der Waals surface area contributed by atoms with Gasteiger partial charge in [0.25, 0.3) is 0 Å². The van der Waals surface area contributed by atoms with Gasteiger partial charge in [0.2, 0.25) is 5.91 Å². The van der Waals surface area contributed by atoms with Crippen molar-refractivity contribution in [1.82, 2.24) is 4.98 Å². The van der Waals surface area contributed by atoms with Gasteiger partial charge in [0.1, 0.15) is 11.5 Å². The summed E-state index contributed by atoms with van der Waals surface area (Å²) in [6.45, 7) is 4.04. The highest BCUT2D eigenvalue weighted by atomic mass is 16.5. The Morgan fingerprint density at radius 2 is 2.24 bits per heavy atom. The van der Waals surface area contributed by atoms with Gasteiger partial charge >= 0.3 is 0 Å². The van der Waals surface area contributed by atoms with Crippen molar-refractivity contribution in [3.8, 4) is 11.5 Å². The van der Waals surface area contributed by atoms with Gasteiger partial charge < -0.3 is 15.8 Å². The molecule has 0 aliphatic rings. The van der Waals surface area contributed by atoms with Crippen LogP contribution in [0.1, 0.15) is 12.5 Å². The first-order valence-corrected chi connectivity index (χ1v) is 6.79. The highest BCUT2D eigenvalue weighted by molar-refractivity contribution is 5.92. The number of nitrogens with zero attached hydrogens (tertiary/aromatic N) is 1. The molecule has 1 atom stereocenters. The summed E-state index contributed by atoms with van der Waals surface area (Å²) < 4.78 is 5.74. The van der Waals surface area contributed by atoms with Crippen molar-refractivity contribution < 1.29 is 9.53 Å². The number of hydrogen-bond donors (Lipinski definition) is 2. The number of amides is 1. The summed E-state index contributed by atoms with van der Waals surface area (Å²) in [5, 5.41) is 2.84. The molecule has 2 aromatic rings. The predicted molar refractivity (Wildman–Crippen MR) is 82.3 cm³/mol. The van der Waals surface area contributed by atoms with Crippen molar-refractivity contribution >= 4 is 11.6 Å². The number of carbonyl (C=O) groups is 1. The average molecular weight is 285 g/mol. The van der Waals surface area contributed by atoms with Gasteiger partial charge in [-0.25, -0.2) is 0 Å². The third-order valence-corrected chi connectivity index (χ3v) is 3.11. The minimum absolute atomic E-state index is 0.0853. The molecule has 0 bridgehead atoms. The number of aromatic nitrogens is 1. The Morgan fingerprint density at radius 3 is 2.86 bits per heavy atom. The van der Waals surface area contributed by atoms with Gasteiger partial charge in [-0.1, -0.05) is 6.92 Å². The Bertz CT molecular complexity index is 614. The van der Waals surface area contributed by atoms with Crippen LogP contribution in [-0.2, 0) is 4.79 Å². The Balaban J connectivity index is 2.09. The second-order valence-corrected chi connectivity index (χ2v) is 4.90. The summed E-state index contributed by atoms with van der Waals surface area (Å²) in [5.74, 6) is 1.11. The number of hydrogen-bond acceptors (Lipinski definition) is 4. The van der Waals surface area contributed by atoms with E-state index >= 15 is 0 Å². The molecule has 0 saturated carbocycles. The lowest BCUT2D eigenvalue weighted by Gasteiger charge is -2.13. The Hall–Kier alpha value is -2.40. The fourth-order valence-corrected chi connectivity index (χ4v) is 1.75. The van der Waals surface area contributed by atoms with E-state index in [1.807, 2.05) is 31.2 Å². The van der Waals surface area contributed by atoms with Crippen molar-refractivity contribution in [3.63, 3.8) is 0 Å². The first kappa shape index (κ1) is 15.0. The molecule has 1 unspecified atom stereocenters. The normalized spacial score (nSPS) is 11.8. The Morgan fingerprint density at radius 1 is 1.43 bits per heavy atom. The van der Waals surface area contributed by atoms with Crippen LogP contribution in [0.2, 0.25) is 0 Å². The highest BCUT2D eigenvalue weighted by Crippen LogP contribution is 2.26. The first-order chi connectivity index (χ1) is 10.1. The summed E-state index contributed by atoms with van der Waals surface area (Å²) in [5.41, 5.74) is 7.14. The van der Waals surface area contributed by atoms with Gasteiger partial charge in [0, 0.05) is 24.3 Å². The van der Waals surface area contributed by atoms with Gasteiger partial charge in [-0.15, -0.1) is 0 Å². The van der Waals surface area contributed by atoms with Crippen LogP contribution in [0.25, 0.3) is 0 Å². The van der Waals surface area contributed by atoms with Crippen LogP contribution in [0.4, 0.5) is 5.69 Å². The van der Waals surface area contributed by atoms with Crippen molar-refractivity contribution in [3.05, 3.63) is 48.3 Å². The molecule has 5 nitrogen and oxygen atoms in total. The third-order valence-electron chi connectivity index (χ3n) is 3.11. The molecule has 5 heteroatoms. The van der Waals surface area contributed by atoms with E-state index in [2.05, 4.69) is 10.3 Å². The average Bonchev–Trinajstić information content (AvgIpc) is 2.50. The summed E-state index contributed by atoms with van der Waals surface area (Å²) >= 11 is 0. The highest BCUT2D eigenvalue weighted by Gasteiger charge is 2.11. The van der Waals surface area contributed by atoms with E-state index in [4.69, 9.17) is 10.5 Å². The van der Waals surface area contributed by atoms with E-state index in [0.29, 0.717) is 12.3 Å². The zero-order chi connectivity index (χ0) is 15.2. The van der Waals surface area contributed by atoms with E-state index in [9.17, 15) is 4.79 Å². The Labute approximate surface area is 124 Å². The standard InChI is InChI=1S/C16H19N3O2/c1-11-8-13(19-16(20)12(2)9-17)5-6-15(11)21-14-4-3-7-18-10-14/h3-8,10,12H,9,17H2,1-2H3,(H,19,20). The molecule has 1 amide bonds. The quantitative estimate of drug-likeness (QED) is 0.885. The molecule has 21 heavy (non-hydrogen) atoms. The van der Waals surface area contributed by atoms with Crippen LogP contribution in [-0.4, -0.2) is 17.4 Å². The lowest BCUT2D eigenvalue weighted by molar-refractivity contribution is -0.119. The van der Waals surface area contributed by atoms with Gasteiger partial charge in [0.15, 0.2) is 0 Å². The number of anilines is 1. The zero-order valence-corrected chi connectivity index (χ0v) is 12.2. The van der Waals surface area contributed by atoms with Crippen LogP contribution in [0.15, 0.2) is 42.7 Å².